The molecule has 2 aliphatic heterocycles. The summed E-state index contributed by atoms with van der Waals surface area (Å²) < 4.78 is 1.71. The molecule has 8 heteroatoms. The second kappa shape index (κ2) is 5.75. The molecule has 1 aromatic carbocycles. The largest absolute Gasteiger partial charge is 0.313 e. The van der Waals surface area contributed by atoms with Crippen molar-refractivity contribution < 1.29 is 5.21 Å². The first-order valence-corrected chi connectivity index (χ1v) is 9.90. The summed E-state index contributed by atoms with van der Waals surface area (Å²) in [7, 11) is 0.00823. The summed E-state index contributed by atoms with van der Waals surface area (Å²) in [5.41, 5.74) is 1.98. The van der Waals surface area contributed by atoms with E-state index >= 15 is 0 Å². The highest BCUT2D eigenvalue weighted by Crippen LogP contribution is 2.44. The number of thiophene rings is 1. The Labute approximate surface area is 150 Å². The van der Waals surface area contributed by atoms with Crippen LogP contribution in [0.3, 0.4) is 0 Å². The van der Waals surface area contributed by atoms with E-state index in [2.05, 4.69) is 43.9 Å². The molecule has 0 aliphatic carbocycles. The van der Waals surface area contributed by atoms with Crippen LogP contribution in [0, 0.1) is 0 Å². The highest BCUT2D eigenvalue weighted by molar-refractivity contribution is 9.07. The average molecular weight is 415 g/mol. The Morgan fingerprint density at radius 3 is 2.91 bits per heavy atom. The van der Waals surface area contributed by atoms with Gasteiger partial charge in [-0.05, 0) is 22.1 Å². The molecule has 2 atom stereocenters. The van der Waals surface area contributed by atoms with Gasteiger partial charge in [-0.25, -0.2) is 4.03 Å². The van der Waals surface area contributed by atoms with Gasteiger partial charge in [0.1, 0.15) is 24.3 Å². The number of fused-ring (bicyclic) bond motifs is 3. The van der Waals surface area contributed by atoms with Crippen molar-refractivity contribution in [3.8, 4) is 0 Å². The zero-order chi connectivity index (χ0) is 16.1. The number of hydrazone groups is 1. The summed E-state index contributed by atoms with van der Waals surface area (Å²) in [5.74, 6) is 0.783. The van der Waals surface area contributed by atoms with Crippen LogP contribution in [-0.4, -0.2) is 26.8 Å². The van der Waals surface area contributed by atoms with Gasteiger partial charge in [-0.3, -0.25) is 4.90 Å². The van der Waals surface area contributed by atoms with E-state index in [0.717, 1.165) is 17.0 Å². The van der Waals surface area contributed by atoms with Gasteiger partial charge in [-0.2, -0.15) is 5.06 Å². The van der Waals surface area contributed by atoms with Crippen molar-refractivity contribution in [2.75, 3.05) is 11.6 Å². The van der Waals surface area contributed by atoms with Gasteiger partial charge in [-0.15, -0.1) is 5.10 Å². The molecule has 0 fully saturated rings. The van der Waals surface area contributed by atoms with Gasteiger partial charge < -0.3 is 5.21 Å². The van der Waals surface area contributed by atoms with Crippen LogP contribution in [0.2, 0.25) is 5.02 Å². The lowest BCUT2D eigenvalue weighted by atomic mass is 10.1. The van der Waals surface area contributed by atoms with E-state index in [1.807, 2.05) is 24.3 Å². The van der Waals surface area contributed by atoms with Gasteiger partial charge in [0.15, 0.2) is 5.84 Å². The summed E-state index contributed by atoms with van der Waals surface area (Å²) in [4.78, 5) is 2.18. The molecule has 120 valence electrons. The second-order valence-corrected chi connectivity index (χ2v) is 8.58. The standard InChI is InChI=1S/C15H15BrClN4OS/c1-23-7-6-10-8-20(22)13(11-4-2-3-5-12(11)17)14-18-21(16)9-19(14)15(10)23/h2-7,13,22H,8-9H2,1H3/q+1. The number of hydrogen-bond acceptors (Lipinski definition) is 5. The number of hydrogen-bond donors (Lipinski definition) is 1. The first-order chi connectivity index (χ1) is 11.1. The van der Waals surface area contributed by atoms with Crippen LogP contribution in [0.4, 0.5) is 5.00 Å². The number of rotatable bonds is 1. The minimum atomic E-state index is -0.401. The Morgan fingerprint density at radius 1 is 1.35 bits per heavy atom. The number of aryl methyl sites for hydroxylation is 1. The Hall–Kier alpha value is -1.12. The van der Waals surface area contributed by atoms with E-state index < -0.39 is 6.04 Å². The van der Waals surface area contributed by atoms with Crippen molar-refractivity contribution in [2.24, 2.45) is 11.4 Å². The van der Waals surface area contributed by atoms with Crippen LogP contribution < -0.4 is 4.90 Å². The van der Waals surface area contributed by atoms with E-state index in [1.54, 1.807) is 4.03 Å². The molecule has 2 unspecified atom stereocenters. The van der Waals surface area contributed by atoms with E-state index in [9.17, 15) is 5.21 Å². The molecule has 0 spiro atoms. The Balaban J connectivity index is 1.89. The number of benzene rings is 1. The molecule has 5 nitrogen and oxygen atoms in total. The molecule has 1 aromatic heterocycles. The predicted octanol–water partition coefficient (Wildman–Crippen LogP) is 4.28. The first-order valence-electron chi connectivity index (χ1n) is 7.11. The van der Waals surface area contributed by atoms with E-state index in [4.69, 9.17) is 11.6 Å². The van der Waals surface area contributed by atoms with Crippen LogP contribution in [0.1, 0.15) is 17.2 Å². The van der Waals surface area contributed by atoms with Crippen LogP contribution in [0.5, 0.6) is 0 Å². The Morgan fingerprint density at radius 2 is 2.13 bits per heavy atom. The Kier molecular flexibility index (Phi) is 3.85. The predicted molar refractivity (Wildman–Crippen MR) is 97.0 cm³/mol. The lowest BCUT2D eigenvalue weighted by Crippen LogP contribution is -2.37. The lowest BCUT2D eigenvalue weighted by molar-refractivity contribution is -0.117. The fourth-order valence-corrected chi connectivity index (χ4v) is 5.31. The average Bonchev–Trinajstić information content (AvgIpc) is 3.01. The molecule has 0 bridgehead atoms. The minimum absolute atomic E-state index is 0.00823. The number of hydroxylamine groups is 2. The third-order valence-electron chi connectivity index (χ3n) is 4.12. The molecule has 0 saturated carbocycles. The van der Waals surface area contributed by atoms with E-state index in [0.29, 0.717) is 18.2 Å². The van der Waals surface area contributed by atoms with Crippen LogP contribution >= 0.6 is 38.2 Å². The monoisotopic (exact) mass is 413 g/mol. The van der Waals surface area contributed by atoms with Gasteiger partial charge in [0.25, 0.3) is 5.00 Å². The molecule has 1 N–H and O–H groups in total. The van der Waals surface area contributed by atoms with Crippen molar-refractivity contribution >= 4 is 49.1 Å². The molecule has 23 heavy (non-hydrogen) atoms. The van der Waals surface area contributed by atoms with Gasteiger partial charge >= 0.3 is 0 Å². The van der Waals surface area contributed by atoms with Crippen molar-refractivity contribution in [1.29, 1.82) is 0 Å². The number of halogens is 2. The third-order valence-corrected chi connectivity index (χ3v) is 6.48. The number of amidine groups is 1. The molecule has 3 heterocycles. The smallest absolute Gasteiger partial charge is 0.254 e. The maximum absolute atomic E-state index is 10.8. The topological polar surface area (TPSA) is 42.3 Å². The second-order valence-electron chi connectivity index (χ2n) is 5.58. The molecule has 0 amide bonds. The summed E-state index contributed by atoms with van der Waals surface area (Å²) in [6.07, 6.45) is 2.19. The molecule has 0 radical (unpaired) electrons. The molecule has 2 aromatic rings. The molecular formula is C15H15BrClN4OS+. The first kappa shape index (κ1) is 15.4. The molecule has 4 rings (SSSR count). The van der Waals surface area contributed by atoms with E-state index in [-0.39, 0.29) is 10.5 Å². The zero-order valence-electron chi connectivity index (χ0n) is 12.4. The van der Waals surface area contributed by atoms with Gasteiger partial charge in [0.05, 0.1) is 28.3 Å². The summed E-state index contributed by atoms with van der Waals surface area (Å²) in [6, 6.07) is 9.29. The fraction of sp³-hybridized carbons (Fsp3) is 0.267. The zero-order valence-corrected chi connectivity index (χ0v) is 15.5. The third kappa shape index (κ3) is 2.47. The lowest BCUT2D eigenvalue weighted by Gasteiger charge is -2.26. The van der Waals surface area contributed by atoms with Gasteiger partial charge in [-0.1, -0.05) is 29.8 Å². The normalized spacial score (nSPS) is 21.8. The maximum atomic E-state index is 10.8. The van der Waals surface area contributed by atoms with Crippen molar-refractivity contribution in [3.05, 3.63) is 51.9 Å². The van der Waals surface area contributed by atoms with Gasteiger partial charge in [0.2, 0.25) is 0 Å². The van der Waals surface area contributed by atoms with Gasteiger partial charge in [0, 0.05) is 11.1 Å². The van der Waals surface area contributed by atoms with Crippen LogP contribution in [-0.2, 0) is 12.8 Å². The quantitative estimate of drug-likeness (QED) is 0.559. The van der Waals surface area contributed by atoms with Crippen molar-refractivity contribution in [3.63, 3.8) is 0 Å². The van der Waals surface area contributed by atoms with Crippen LogP contribution in [0.15, 0.2) is 40.8 Å². The van der Waals surface area contributed by atoms with Crippen molar-refractivity contribution in [2.45, 2.75) is 12.6 Å². The number of nitrogens with zero attached hydrogens (tertiary/aromatic N) is 4. The Bertz CT molecular complexity index is 796. The molecular weight excluding hydrogens is 400 g/mol. The van der Waals surface area contributed by atoms with Crippen LogP contribution in [0.25, 0.3) is 0 Å². The van der Waals surface area contributed by atoms with E-state index in [1.165, 1.54) is 10.1 Å². The van der Waals surface area contributed by atoms with Crippen molar-refractivity contribution in [1.82, 2.24) is 9.10 Å². The summed E-state index contributed by atoms with van der Waals surface area (Å²) in [6.45, 7) is 1.07. The highest BCUT2D eigenvalue weighted by Gasteiger charge is 2.43. The summed E-state index contributed by atoms with van der Waals surface area (Å²) in [5, 5.41) is 20.7. The highest BCUT2D eigenvalue weighted by atomic mass is 79.9. The maximum Gasteiger partial charge on any atom is 0.254 e. The SMILES string of the molecule is C[s+]1ccc2c1N1CN(Br)N=C1C(c1ccccc1Cl)N(O)C2. The molecule has 0 saturated heterocycles. The molecule has 2 aliphatic rings. The fourth-order valence-electron chi connectivity index (χ4n) is 3.15. The number of anilines is 1. The minimum Gasteiger partial charge on any atom is -0.313 e. The summed E-state index contributed by atoms with van der Waals surface area (Å²) >= 11 is 9.83.